The second-order valence-electron chi connectivity index (χ2n) is 11.2. The smallest absolute Gasteiger partial charge is 0.463 e. The summed E-state index contributed by atoms with van der Waals surface area (Å²) in [7, 11) is 1.56. The van der Waals surface area contributed by atoms with Crippen molar-refractivity contribution in [2.45, 2.75) is 82.3 Å². The number of anilines is 1. The molecule has 0 saturated heterocycles. The molecule has 0 bridgehead atoms. The molecule has 2 aromatic carbocycles. The van der Waals surface area contributed by atoms with Gasteiger partial charge in [0, 0.05) is 23.6 Å². The molecule has 1 heterocycles. The highest BCUT2D eigenvalue weighted by Crippen LogP contribution is 2.38. The molecule has 2 aromatic rings. The number of nitrogens with zero attached hydrogens (tertiary/aromatic N) is 2. The summed E-state index contributed by atoms with van der Waals surface area (Å²) >= 11 is 3.95. The van der Waals surface area contributed by atoms with Crippen LogP contribution in [0.15, 0.2) is 47.6 Å². The summed E-state index contributed by atoms with van der Waals surface area (Å²) in [6, 6.07) is 10.8. The maximum absolute atomic E-state index is 13.4. The van der Waals surface area contributed by atoms with Crippen LogP contribution < -0.4 is 14.8 Å². The van der Waals surface area contributed by atoms with Gasteiger partial charge in [-0.3, -0.25) is 14.4 Å². The van der Waals surface area contributed by atoms with Crippen molar-refractivity contribution in [3.8, 4) is 11.5 Å². The van der Waals surface area contributed by atoms with Crippen LogP contribution in [0.5, 0.6) is 11.5 Å². The first-order valence-electron chi connectivity index (χ1n) is 14.9. The molecule has 8 nitrogen and oxygen atoms in total. The molecular formula is C31H30ClF10N3O5. The summed E-state index contributed by atoms with van der Waals surface area (Å²) < 4.78 is 132. The number of alkyl halides is 10. The van der Waals surface area contributed by atoms with Gasteiger partial charge < -0.3 is 14.8 Å². The largest absolute Gasteiger partial charge is 0.493 e. The summed E-state index contributed by atoms with van der Waals surface area (Å²) in [5.41, 5.74) is 1.53. The zero-order valence-corrected chi connectivity index (χ0v) is 27.0. The molecule has 19 heteroatoms. The summed E-state index contributed by atoms with van der Waals surface area (Å²) in [5.74, 6) is -12.7. The Morgan fingerprint density at radius 1 is 0.920 bits per heavy atom. The lowest BCUT2D eigenvalue weighted by molar-refractivity contribution is -0.267. The van der Waals surface area contributed by atoms with Crippen molar-refractivity contribution in [1.29, 1.82) is 0 Å². The average molecular weight is 750 g/mol. The lowest BCUT2D eigenvalue weighted by atomic mass is 9.89. The number of amides is 2. The van der Waals surface area contributed by atoms with Gasteiger partial charge in [-0.1, -0.05) is 19.1 Å². The van der Waals surface area contributed by atoms with E-state index in [1.807, 2.05) is 19.1 Å². The van der Waals surface area contributed by atoms with E-state index in [4.69, 9.17) is 9.47 Å². The van der Waals surface area contributed by atoms with E-state index in [1.54, 1.807) is 24.6 Å². The van der Waals surface area contributed by atoms with Gasteiger partial charge in [-0.2, -0.15) is 49.0 Å². The molecule has 1 aliphatic carbocycles. The zero-order chi connectivity index (χ0) is 37.7. The monoisotopic (exact) mass is 749 g/mol. The molecule has 1 unspecified atom stereocenters. The van der Waals surface area contributed by atoms with Gasteiger partial charge in [0.1, 0.15) is 0 Å². The third-order valence-corrected chi connectivity index (χ3v) is 7.87. The first-order valence-corrected chi connectivity index (χ1v) is 15.2. The fourth-order valence-corrected chi connectivity index (χ4v) is 5.03. The average Bonchev–Trinajstić information content (AvgIpc) is 3.54. The standard InChI is InChI=1S/C28H30F5N3O4.C3ClF5O/c1-3-18-15-24(37)36(16-17-7-6-8-20(13-17)34-26(38)27(29,30)28(31,32)33)35-25(18)19-11-12-22(39-2)23(14-19)40-21-9-4-5-10-21;4-1(10)2(5,6)3(7,8)9/h6-8,11-14,18,21H,3-5,9-10,15-16H2,1-2H3,(H,34,38);. The Balaban J connectivity index is 0.000000588. The second-order valence-corrected chi connectivity index (χ2v) is 11.6. The number of carbonyl (C=O) groups excluding carboxylic acids is 3. The van der Waals surface area contributed by atoms with Crippen molar-refractivity contribution in [1.82, 2.24) is 5.01 Å². The van der Waals surface area contributed by atoms with Crippen LogP contribution in [0.2, 0.25) is 0 Å². The topological polar surface area (TPSA) is 97.3 Å². The summed E-state index contributed by atoms with van der Waals surface area (Å²) in [6.07, 6.45) is -6.88. The summed E-state index contributed by atoms with van der Waals surface area (Å²) in [4.78, 5) is 33.9. The lowest BCUT2D eigenvalue weighted by Crippen LogP contribution is -2.47. The van der Waals surface area contributed by atoms with E-state index < -0.39 is 35.3 Å². The fourth-order valence-electron chi connectivity index (χ4n) is 4.92. The van der Waals surface area contributed by atoms with Gasteiger partial charge in [-0.25, -0.2) is 5.01 Å². The Morgan fingerprint density at radius 2 is 1.54 bits per heavy atom. The Bertz CT molecular complexity index is 1580. The zero-order valence-electron chi connectivity index (χ0n) is 26.2. The van der Waals surface area contributed by atoms with Crippen molar-refractivity contribution in [2.24, 2.45) is 11.0 Å². The molecule has 1 N–H and O–H groups in total. The molecule has 2 aliphatic rings. The Morgan fingerprint density at radius 3 is 2.06 bits per heavy atom. The highest BCUT2D eigenvalue weighted by Gasteiger charge is 2.64. The van der Waals surface area contributed by atoms with Crippen LogP contribution in [0.1, 0.15) is 56.6 Å². The van der Waals surface area contributed by atoms with Crippen LogP contribution in [0.25, 0.3) is 0 Å². The Labute approximate surface area is 283 Å². The normalized spacial score (nSPS) is 17.5. The summed E-state index contributed by atoms with van der Waals surface area (Å²) in [5, 5.41) is 4.73. The number of hydrogen-bond acceptors (Lipinski definition) is 6. The Hall–Kier alpha value is -4.09. The minimum Gasteiger partial charge on any atom is -0.493 e. The SMILES string of the molecule is CCC1CC(=O)N(Cc2cccc(NC(=O)C(F)(F)C(F)(F)F)c2)N=C1c1ccc(OC)c(OC2CCCC2)c1.O=C(Cl)C(F)(F)C(F)(F)F. The highest BCUT2D eigenvalue weighted by atomic mass is 35.5. The van der Waals surface area contributed by atoms with Gasteiger partial charge in [0.05, 0.1) is 25.5 Å². The van der Waals surface area contributed by atoms with Gasteiger partial charge in [0.15, 0.2) is 11.5 Å². The van der Waals surface area contributed by atoms with Crippen molar-refractivity contribution in [3.63, 3.8) is 0 Å². The number of hydrazone groups is 1. The first-order chi connectivity index (χ1) is 23.1. The Kier molecular flexibility index (Phi) is 12.8. The quantitative estimate of drug-likeness (QED) is 0.195. The van der Waals surface area contributed by atoms with Crippen LogP contribution in [0.4, 0.5) is 49.6 Å². The van der Waals surface area contributed by atoms with Crippen molar-refractivity contribution >= 4 is 40.1 Å². The van der Waals surface area contributed by atoms with E-state index >= 15 is 0 Å². The third-order valence-electron chi connectivity index (χ3n) is 7.63. The van der Waals surface area contributed by atoms with Crippen LogP contribution in [0, 0.1) is 5.92 Å². The molecule has 50 heavy (non-hydrogen) atoms. The van der Waals surface area contributed by atoms with Crippen LogP contribution in [0.3, 0.4) is 0 Å². The van der Waals surface area contributed by atoms with E-state index in [2.05, 4.69) is 16.7 Å². The van der Waals surface area contributed by atoms with Crippen molar-refractivity contribution in [2.75, 3.05) is 12.4 Å². The van der Waals surface area contributed by atoms with Crippen LogP contribution in [-0.4, -0.2) is 65.2 Å². The predicted octanol–water partition coefficient (Wildman–Crippen LogP) is 8.26. The highest BCUT2D eigenvalue weighted by molar-refractivity contribution is 6.65. The first kappa shape index (κ1) is 40.3. The maximum atomic E-state index is 13.4. The molecule has 1 atom stereocenters. The number of rotatable bonds is 10. The van der Waals surface area contributed by atoms with Crippen molar-refractivity contribution < 1.29 is 67.8 Å². The number of methoxy groups -OCH3 is 1. The molecule has 1 aliphatic heterocycles. The van der Waals surface area contributed by atoms with Crippen LogP contribution >= 0.6 is 11.6 Å². The molecule has 1 saturated carbocycles. The fraction of sp³-hybridized carbons (Fsp3) is 0.484. The molecule has 0 radical (unpaired) electrons. The predicted molar refractivity (Wildman–Crippen MR) is 159 cm³/mol. The lowest BCUT2D eigenvalue weighted by Gasteiger charge is -2.29. The van der Waals surface area contributed by atoms with E-state index in [9.17, 15) is 58.3 Å². The molecule has 2 amide bonds. The number of nitrogens with one attached hydrogen (secondary N) is 1. The van der Waals surface area contributed by atoms with Crippen molar-refractivity contribution in [3.05, 3.63) is 53.6 Å². The molecule has 0 spiro atoms. The summed E-state index contributed by atoms with van der Waals surface area (Å²) in [6.45, 7) is 1.87. The second kappa shape index (κ2) is 15.9. The number of benzene rings is 2. The van der Waals surface area contributed by atoms with Gasteiger partial charge in [-0.15, -0.1) is 0 Å². The van der Waals surface area contributed by atoms with Crippen LogP contribution in [-0.2, 0) is 20.9 Å². The van der Waals surface area contributed by atoms with Gasteiger partial charge in [-0.05, 0) is 79.6 Å². The van der Waals surface area contributed by atoms with E-state index in [1.165, 1.54) is 23.2 Å². The van der Waals surface area contributed by atoms with E-state index in [0.717, 1.165) is 31.2 Å². The minimum absolute atomic E-state index is 0.0836. The van der Waals surface area contributed by atoms with Gasteiger partial charge >= 0.3 is 35.3 Å². The number of carbonyl (C=O) groups is 3. The number of ether oxygens (including phenoxy) is 2. The van der Waals surface area contributed by atoms with E-state index in [-0.39, 0.29) is 36.6 Å². The van der Waals surface area contributed by atoms with Gasteiger partial charge in [0.25, 0.3) is 0 Å². The molecule has 276 valence electrons. The number of halogens is 11. The molecule has 1 fully saturated rings. The number of hydrogen-bond donors (Lipinski definition) is 1. The third kappa shape index (κ3) is 9.57. The molecule has 4 rings (SSSR count). The molecule has 0 aromatic heterocycles. The van der Waals surface area contributed by atoms with Gasteiger partial charge in [0.2, 0.25) is 5.91 Å². The van der Waals surface area contributed by atoms with E-state index in [0.29, 0.717) is 29.2 Å². The minimum atomic E-state index is -6.03. The maximum Gasteiger partial charge on any atom is 0.463 e. The molecular weight excluding hydrogens is 720 g/mol.